The molecule has 140 valence electrons. The number of aliphatic hydroxyl groups is 4. The Morgan fingerprint density at radius 2 is 0.545 bits per heavy atom. The third-order valence-electron chi connectivity index (χ3n) is 1.69. The van der Waals surface area contributed by atoms with Crippen molar-refractivity contribution in [3.8, 4) is 0 Å². The number of hydrogen-bond acceptors (Lipinski definition) is 8. The number of hydrogen-bond donors (Lipinski definition) is 4. The molecule has 0 atom stereocenters. The molecule has 0 fully saturated rings. The summed E-state index contributed by atoms with van der Waals surface area (Å²) in [7, 11) is 0. The fourth-order valence-electron chi connectivity index (χ4n) is 0.902. The largest absolute Gasteiger partial charge is 0.394 e. The lowest BCUT2D eigenvalue weighted by Crippen LogP contribution is -2.09. The molecule has 8 nitrogen and oxygen atoms in total. The van der Waals surface area contributed by atoms with E-state index in [1.54, 1.807) is 0 Å². The Bertz CT molecular complexity index is 125. The van der Waals surface area contributed by atoms with Gasteiger partial charge in [-0.3, -0.25) is 0 Å². The molecule has 0 amide bonds. The van der Waals surface area contributed by atoms with Crippen LogP contribution in [0.1, 0.15) is 0 Å². The van der Waals surface area contributed by atoms with Gasteiger partial charge in [0, 0.05) is 0 Å². The molecule has 0 saturated carbocycles. The summed E-state index contributed by atoms with van der Waals surface area (Å²) in [6, 6.07) is 0. The Hall–Kier alpha value is 0.640. The molecule has 4 N–H and O–H groups in total. The van der Waals surface area contributed by atoms with Gasteiger partial charge in [0.15, 0.2) is 0 Å². The summed E-state index contributed by atoms with van der Waals surface area (Å²) in [6.45, 7) is 3.46. The zero-order chi connectivity index (χ0) is 15.3. The van der Waals surface area contributed by atoms with E-state index < -0.39 is 0 Å². The highest BCUT2D eigenvalue weighted by Gasteiger charge is 1.87. The van der Waals surface area contributed by atoms with Gasteiger partial charge in [0.1, 0.15) is 0 Å². The monoisotopic (exact) mass is 460 g/mol. The van der Waals surface area contributed by atoms with Gasteiger partial charge >= 0.3 is 0 Å². The van der Waals surface area contributed by atoms with Crippen LogP contribution in [0.25, 0.3) is 0 Å². The van der Waals surface area contributed by atoms with E-state index in [-0.39, 0.29) is 60.4 Å². The highest BCUT2D eigenvalue weighted by atomic mass is 79.9. The Morgan fingerprint density at radius 1 is 0.364 bits per heavy atom. The highest BCUT2D eigenvalue weighted by molar-refractivity contribution is 8.93. The minimum Gasteiger partial charge on any atom is -0.394 e. The zero-order valence-electron chi connectivity index (χ0n) is 12.7. The Morgan fingerprint density at radius 3 is 0.682 bits per heavy atom. The lowest BCUT2D eigenvalue weighted by Gasteiger charge is -2.01. The SMILES string of the molecule is Br.Br.OCCOCCOCCO.OCCOCCOCCO. The molecular weight excluding hydrogens is 432 g/mol. The summed E-state index contributed by atoms with van der Waals surface area (Å²) in [5.41, 5.74) is 0. The normalized spacial score (nSPS) is 9.27. The summed E-state index contributed by atoms with van der Waals surface area (Å²) in [5.74, 6) is 0. The van der Waals surface area contributed by atoms with Gasteiger partial charge in [0.05, 0.1) is 79.3 Å². The van der Waals surface area contributed by atoms with Crippen molar-refractivity contribution in [1.29, 1.82) is 0 Å². The van der Waals surface area contributed by atoms with Crippen LogP contribution in [0.4, 0.5) is 0 Å². The minimum absolute atomic E-state index is 0. The maximum absolute atomic E-state index is 8.26. The summed E-state index contributed by atoms with van der Waals surface area (Å²) in [5, 5.41) is 33.1. The lowest BCUT2D eigenvalue weighted by atomic mass is 10.7. The van der Waals surface area contributed by atoms with Crippen molar-refractivity contribution in [3.05, 3.63) is 0 Å². The molecule has 0 aliphatic rings. The topological polar surface area (TPSA) is 118 Å². The quantitative estimate of drug-likeness (QED) is 0.247. The molecule has 22 heavy (non-hydrogen) atoms. The first-order chi connectivity index (χ1) is 9.83. The van der Waals surface area contributed by atoms with Crippen molar-refractivity contribution in [1.82, 2.24) is 0 Å². The zero-order valence-corrected chi connectivity index (χ0v) is 16.1. The second-order valence-electron chi connectivity index (χ2n) is 3.34. The molecule has 10 heteroatoms. The molecule has 0 bridgehead atoms. The first kappa shape index (κ1) is 30.5. The number of ether oxygens (including phenoxy) is 4. The second-order valence-corrected chi connectivity index (χ2v) is 3.34. The summed E-state index contributed by atoms with van der Waals surface area (Å²) >= 11 is 0. The van der Waals surface area contributed by atoms with Gasteiger partial charge in [0.2, 0.25) is 0 Å². The molecular formula is C12H30Br2O8. The molecule has 0 aromatic heterocycles. The fourth-order valence-corrected chi connectivity index (χ4v) is 0.902. The molecule has 0 saturated heterocycles. The molecule has 0 unspecified atom stereocenters. The average molecular weight is 462 g/mol. The van der Waals surface area contributed by atoms with Crippen LogP contribution in [0, 0.1) is 0 Å². The van der Waals surface area contributed by atoms with E-state index in [1.165, 1.54) is 0 Å². The number of halogens is 2. The van der Waals surface area contributed by atoms with Crippen LogP contribution < -0.4 is 0 Å². The van der Waals surface area contributed by atoms with E-state index in [4.69, 9.17) is 39.4 Å². The summed E-state index contributed by atoms with van der Waals surface area (Å²) in [4.78, 5) is 0. The maximum atomic E-state index is 8.26. The smallest absolute Gasteiger partial charge is 0.0701 e. The van der Waals surface area contributed by atoms with E-state index in [1.807, 2.05) is 0 Å². The highest BCUT2D eigenvalue weighted by Crippen LogP contribution is 1.77. The predicted octanol–water partition coefficient (Wildman–Crippen LogP) is -0.836. The summed E-state index contributed by atoms with van der Waals surface area (Å²) < 4.78 is 19.5. The van der Waals surface area contributed by atoms with Gasteiger partial charge in [-0.25, -0.2) is 0 Å². The third kappa shape index (κ3) is 37.1. The fraction of sp³-hybridized carbons (Fsp3) is 1.00. The number of aliphatic hydroxyl groups excluding tert-OH is 4. The van der Waals surface area contributed by atoms with Crippen molar-refractivity contribution in [2.45, 2.75) is 0 Å². The number of rotatable bonds is 14. The first-order valence-electron chi connectivity index (χ1n) is 6.57. The van der Waals surface area contributed by atoms with Crippen molar-refractivity contribution in [3.63, 3.8) is 0 Å². The van der Waals surface area contributed by atoms with Crippen molar-refractivity contribution in [2.75, 3.05) is 79.3 Å². The summed E-state index contributed by atoms with van der Waals surface area (Å²) in [6.07, 6.45) is 0. The maximum Gasteiger partial charge on any atom is 0.0701 e. The Kier molecular flexibility index (Phi) is 46.2. The third-order valence-corrected chi connectivity index (χ3v) is 1.69. The van der Waals surface area contributed by atoms with Gasteiger partial charge in [-0.15, -0.1) is 34.0 Å². The second kappa shape index (κ2) is 33.3. The standard InChI is InChI=1S/2C6H14O4.2BrH/c2*7-1-3-9-5-6-10-4-2-8;;/h2*7-8H,1-6H2;2*1H. The van der Waals surface area contributed by atoms with Crippen LogP contribution in [0.3, 0.4) is 0 Å². The van der Waals surface area contributed by atoms with Crippen LogP contribution in [0.5, 0.6) is 0 Å². The molecule has 0 radical (unpaired) electrons. The lowest BCUT2D eigenvalue weighted by molar-refractivity contribution is 0.0222. The van der Waals surface area contributed by atoms with E-state index >= 15 is 0 Å². The minimum atomic E-state index is 0. The Balaban J connectivity index is -0.000000135. The van der Waals surface area contributed by atoms with Gasteiger partial charge in [-0.05, 0) is 0 Å². The first-order valence-corrected chi connectivity index (χ1v) is 6.57. The Labute approximate surface area is 152 Å². The predicted molar refractivity (Wildman–Crippen MR) is 92.3 cm³/mol. The van der Waals surface area contributed by atoms with Gasteiger partial charge in [-0.1, -0.05) is 0 Å². The van der Waals surface area contributed by atoms with Crippen LogP contribution in [0.2, 0.25) is 0 Å². The van der Waals surface area contributed by atoms with Crippen LogP contribution >= 0.6 is 34.0 Å². The van der Waals surface area contributed by atoms with E-state index in [2.05, 4.69) is 0 Å². The van der Waals surface area contributed by atoms with E-state index in [0.717, 1.165) is 0 Å². The van der Waals surface area contributed by atoms with Crippen LogP contribution in [0.15, 0.2) is 0 Å². The van der Waals surface area contributed by atoms with E-state index in [0.29, 0.717) is 52.9 Å². The molecule has 0 aromatic rings. The van der Waals surface area contributed by atoms with Crippen molar-refractivity contribution >= 4 is 34.0 Å². The molecule has 0 rings (SSSR count). The molecule has 0 aromatic carbocycles. The molecule has 0 aliphatic heterocycles. The van der Waals surface area contributed by atoms with Gasteiger partial charge in [-0.2, -0.15) is 0 Å². The molecule has 0 heterocycles. The molecule has 0 spiro atoms. The van der Waals surface area contributed by atoms with Gasteiger partial charge in [0.25, 0.3) is 0 Å². The van der Waals surface area contributed by atoms with Crippen molar-refractivity contribution in [2.24, 2.45) is 0 Å². The van der Waals surface area contributed by atoms with Gasteiger partial charge < -0.3 is 39.4 Å². The molecule has 0 aliphatic carbocycles. The van der Waals surface area contributed by atoms with E-state index in [9.17, 15) is 0 Å². The van der Waals surface area contributed by atoms with Crippen molar-refractivity contribution < 1.29 is 39.4 Å². The van der Waals surface area contributed by atoms with Crippen LogP contribution in [-0.2, 0) is 18.9 Å². The van der Waals surface area contributed by atoms with Crippen LogP contribution in [-0.4, -0.2) is 99.7 Å². The average Bonchev–Trinajstić information content (AvgIpc) is 2.47.